The van der Waals surface area contributed by atoms with E-state index in [0.717, 1.165) is 12.1 Å². The summed E-state index contributed by atoms with van der Waals surface area (Å²) in [5, 5.41) is 16.7. The lowest BCUT2D eigenvalue weighted by Crippen LogP contribution is -2.39. The molecule has 0 fully saturated rings. The van der Waals surface area contributed by atoms with Gasteiger partial charge in [-0.05, 0) is 49.8 Å². The number of guanidine groups is 1. The van der Waals surface area contributed by atoms with Crippen LogP contribution in [0.3, 0.4) is 0 Å². The van der Waals surface area contributed by atoms with E-state index in [1.807, 2.05) is 33.2 Å². The largest absolute Gasteiger partial charge is 0.435 e. The van der Waals surface area contributed by atoms with Crippen LogP contribution in [0.4, 0.5) is 8.78 Å². The van der Waals surface area contributed by atoms with E-state index in [4.69, 9.17) is 0 Å². The fraction of sp³-hybridized carbons (Fsp3) is 0.409. The summed E-state index contributed by atoms with van der Waals surface area (Å²) < 4.78 is 28.8. The van der Waals surface area contributed by atoms with E-state index in [0.29, 0.717) is 24.6 Å². The molecule has 0 bridgehead atoms. The Morgan fingerprint density at radius 2 is 1.71 bits per heavy atom. The zero-order valence-electron chi connectivity index (χ0n) is 18.0. The second-order valence-corrected chi connectivity index (χ2v) is 7.05. The monoisotopic (exact) mass is 548 g/mol. The van der Waals surface area contributed by atoms with Gasteiger partial charge in [-0.15, -0.1) is 24.0 Å². The summed E-state index contributed by atoms with van der Waals surface area (Å²) in [5.41, 5.74) is 2.95. The van der Waals surface area contributed by atoms with Crippen LogP contribution in [0.25, 0.3) is 0 Å². The van der Waals surface area contributed by atoms with E-state index < -0.39 is 12.7 Å². The first kappa shape index (κ1) is 27.1. The third-order valence-electron chi connectivity index (χ3n) is 4.31. The van der Waals surface area contributed by atoms with Crippen molar-refractivity contribution in [2.45, 2.75) is 32.7 Å². The molecule has 0 saturated heterocycles. The summed E-state index contributed by atoms with van der Waals surface area (Å²) in [4.78, 5) is 6.74. The number of hydrogen-bond donors (Lipinski definition) is 3. The highest BCUT2D eigenvalue weighted by atomic mass is 127. The Bertz CT molecular complexity index is 804. The van der Waals surface area contributed by atoms with Gasteiger partial charge < -0.3 is 25.4 Å². The van der Waals surface area contributed by atoms with Crippen LogP contribution in [0, 0.1) is 0 Å². The van der Waals surface area contributed by atoms with E-state index in [1.165, 1.54) is 17.7 Å². The number of aliphatic imine (C=N–C) groups is 1. The highest BCUT2D eigenvalue weighted by molar-refractivity contribution is 14.0. The van der Waals surface area contributed by atoms with E-state index in [1.54, 1.807) is 12.1 Å². The van der Waals surface area contributed by atoms with E-state index >= 15 is 0 Å². The van der Waals surface area contributed by atoms with Crippen molar-refractivity contribution in [2.75, 3.05) is 27.2 Å². The zero-order chi connectivity index (χ0) is 21.9. The van der Waals surface area contributed by atoms with Crippen LogP contribution in [-0.4, -0.2) is 49.8 Å². The molecule has 0 radical (unpaired) electrons. The first-order valence-electron chi connectivity index (χ1n) is 9.85. The molecule has 0 heterocycles. The molecule has 0 aliphatic carbocycles. The molecule has 0 amide bonds. The van der Waals surface area contributed by atoms with Crippen molar-refractivity contribution in [3.05, 3.63) is 65.2 Å². The summed E-state index contributed by atoms with van der Waals surface area (Å²) in [6, 6.07) is 14.1. The summed E-state index contributed by atoms with van der Waals surface area (Å²) in [7, 11) is 4.05. The minimum atomic E-state index is -2.87. The fourth-order valence-corrected chi connectivity index (χ4v) is 2.90. The van der Waals surface area contributed by atoms with Crippen molar-refractivity contribution >= 4 is 29.9 Å². The maximum Gasteiger partial charge on any atom is 0.387 e. The van der Waals surface area contributed by atoms with Crippen molar-refractivity contribution in [1.82, 2.24) is 15.5 Å². The lowest BCUT2D eigenvalue weighted by Gasteiger charge is -2.17. The first-order valence-corrected chi connectivity index (χ1v) is 9.85. The number of alkyl halides is 2. The molecule has 2 aromatic carbocycles. The van der Waals surface area contributed by atoms with Crippen LogP contribution in [-0.2, 0) is 13.1 Å². The van der Waals surface area contributed by atoms with Crippen LogP contribution in [0.1, 0.15) is 29.7 Å². The molecule has 0 aliphatic rings. The minimum absolute atomic E-state index is 0. The Hall–Kier alpha value is -1.98. The second kappa shape index (κ2) is 14.2. The molecule has 9 heteroatoms. The van der Waals surface area contributed by atoms with Crippen molar-refractivity contribution in [3.63, 3.8) is 0 Å². The number of nitrogens with one attached hydrogen (secondary N) is 2. The van der Waals surface area contributed by atoms with Gasteiger partial charge in [0, 0.05) is 19.6 Å². The van der Waals surface area contributed by atoms with E-state index in [2.05, 4.69) is 37.4 Å². The van der Waals surface area contributed by atoms with E-state index in [9.17, 15) is 13.9 Å². The number of aliphatic hydroxyl groups excluding tert-OH is 1. The second-order valence-electron chi connectivity index (χ2n) is 7.05. The van der Waals surface area contributed by atoms with Gasteiger partial charge in [-0.1, -0.05) is 36.4 Å². The minimum Gasteiger partial charge on any atom is -0.435 e. The van der Waals surface area contributed by atoms with Gasteiger partial charge in [0.25, 0.3) is 0 Å². The lowest BCUT2D eigenvalue weighted by atomic mass is 10.1. The quantitative estimate of drug-likeness (QED) is 0.240. The predicted octanol–water partition coefficient (Wildman–Crippen LogP) is 3.76. The average molecular weight is 548 g/mol. The molecular formula is C22H31F2IN4O2. The molecule has 2 aromatic rings. The summed E-state index contributed by atoms with van der Waals surface area (Å²) in [6.45, 7) is 1.34. The molecule has 172 valence electrons. The Labute approximate surface area is 199 Å². The highest BCUT2D eigenvalue weighted by Crippen LogP contribution is 2.19. The molecule has 3 N–H and O–H groups in total. The van der Waals surface area contributed by atoms with Crippen molar-refractivity contribution < 1.29 is 18.6 Å². The normalized spacial score (nSPS) is 12.5. The van der Waals surface area contributed by atoms with E-state index in [-0.39, 0.29) is 36.3 Å². The van der Waals surface area contributed by atoms with Gasteiger partial charge in [-0.25, -0.2) is 4.99 Å². The average Bonchev–Trinajstić information content (AvgIpc) is 2.70. The molecule has 1 atom stereocenters. The van der Waals surface area contributed by atoms with Crippen LogP contribution >= 0.6 is 24.0 Å². The number of hydrogen-bond acceptors (Lipinski definition) is 4. The fourth-order valence-electron chi connectivity index (χ4n) is 2.90. The van der Waals surface area contributed by atoms with Crippen molar-refractivity contribution in [1.29, 1.82) is 0 Å². The van der Waals surface area contributed by atoms with Crippen LogP contribution < -0.4 is 15.4 Å². The molecule has 0 saturated carbocycles. The van der Waals surface area contributed by atoms with Gasteiger partial charge in [0.1, 0.15) is 5.75 Å². The zero-order valence-corrected chi connectivity index (χ0v) is 20.3. The third-order valence-corrected chi connectivity index (χ3v) is 4.31. The SMILES string of the molecule is CCNC(=NCc1ccccc1CN(C)C)NCC(O)c1ccc(OC(F)F)cc1.I. The molecule has 0 aromatic heterocycles. The number of rotatable bonds is 10. The predicted molar refractivity (Wildman–Crippen MR) is 130 cm³/mol. The van der Waals surface area contributed by atoms with Crippen LogP contribution in [0.5, 0.6) is 5.75 Å². The summed E-state index contributed by atoms with van der Waals surface area (Å²) in [6.07, 6.45) is -0.824. The van der Waals surface area contributed by atoms with Gasteiger partial charge in [0.2, 0.25) is 0 Å². The Morgan fingerprint density at radius 1 is 1.06 bits per heavy atom. The first-order chi connectivity index (χ1) is 14.4. The smallest absolute Gasteiger partial charge is 0.387 e. The maximum atomic E-state index is 12.2. The van der Waals surface area contributed by atoms with Crippen LogP contribution in [0.2, 0.25) is 0 Å². The number of ether oxygens (including phenoxy) is 1. The lowest BCUT2D eigenvalue weighted by molar-refractivity contribution is -0.0498. The Balaban J connectivity index is 0.00000480. The van der Waals surface area contributed by atoms with Gasteiger partial charge in [0.05, 0.1) is 12.6 Å². The van der Waals surface area contributed by atoms with Crippen molar-refractivity contribution in [2.24, 2.45) is 4.99 Å². The number of halogens is 3. The van der Waals surface area contributed by atoms with Gasteiger partial charge in [-0.3, -0.25) is 0 Å². The van der Waals surface area contributed by atoms with Gasteiger partial charge in [-0.2, -0.15) is 8.78 Å². The third kappa shape index (κ3) is 9.79. The van der Waals surface area contributed by atoms with Gasteiger partial charge in [0.15, 0.2) is 5.96 Å². The van der Waals surface area contributed by atoms with Crippen LogP contribution in [0.15, 0.2) is 53.5 Å². The number of benzene rings is 2. The highest BCUT2D eigenvalue weighted by Gasteiger charge is 2.10. The Kier molecular flexibility index (Phi) is 12.4. The molecular weight excluding hydrogens is 517 g/mol. The van der Waals surface area contributed by atoms with Crippen molar-refractivity contribution in [3.8, 4) is 5.75 Å². The summed E-state index contributed by atoms with van der Waals surface area (Å²) >= 11 is 0. The molecule has 0 spiro atoms. The maximum absolute atomic E-state index is 12.2. The number of aliphatic hydroxyl groups is 1. The molecule has 2 rings (SSSR count). The standard InChI is InChI=1S/C22H30F2N4O2.HI/c1-4-25-22(26-13-17-7-5-6-8-18(17)15-28(2)3)27-14-20(29)16-9-11-19(12-10-16)30-21(23)24;/h5-12,20-21,29H,4,13-15H2,1-3H3,(H2,25,26,27);1H. The molecule has 1 unspecified atom stereocenters. The molecule has 0 aliphatic heterocycles. The molecule has 6 nitrogen and oxygen atoms in total. The number of nitrogens with zero attached hydrogens (tertiary/aromatic N) is 2. The molecule has 31 heavy (non-hydrogen) atoms. The Morgan fingerprint density at radius 3 is 2.29 bits per heavy atom. The topological polar surface area (TPSA) is 69.1 Å². The summed E-state index contributed by atoms with van der Waals surface area (Å²) in [5.74, 6) is 0.647. The van der Waals surface area contributed by atoms with Gasteiger partial charge >= 0.3 is 6.61 Å².